The molecule has 0 amide bonds. The summed E-state index contributed by atoms with van der Waals surface area (Å²) in [6.45, 7) is 1.09. The smallest absolute Gasteiger partial charge is 0.229 e. The van der Waals surface area contributed by atoms with Crippen LogP contribution < -0.4 is 19.1 Å². The fourth-order valence-corrected chi connectivity index (χ4v) is 2.84. The number of hydrogen-bond acceptors (Lipinski definition) is 7. The molecular weight excluding hydrogens is 370 g/mol. The van der Waals surface area contributed by atoms with E-state index in [1.807, 2.05) is 53.4 Å². The Bertz CT molecular complexity index is 894. The molecule has 0 radical (unpaired) electrons. The van der Waals surface area contributed by atoms with Crippen molar-refractivity contribution in [3.63, 3.8) is 0 Å². The van der Waals surface area contributed by atoms with Gasteiger partial charge in [0.05, 0.1) is 21.3 Å². The van der Waals surface area contributed by atoms with Crippen LogP contribution in [0.15, 0.2) is 54.6 Å². The van der Waals surface area contributed by atoms with Crippen molar-refractivity contribution in [1.29, 1.82) is 0 Å². The summed E-state index contributed by atoms with van der Waals surface area (Å²) < 4.78 is 15.7. The zero-order chi connectivity index (χ0) is 20.6. The molecular formula is C22H23N3O4. The van der Waals surface area contributed by atoms with E-state index in [0.717, 1.165) is 22.6 Å². The van der Waals surface area contributed by atoms with Crippen LogP contribution in [0.25, 0.3) is 0 Å². The summed E-state index contributed by atoms with van der Waals surface area (Å²) in [6, 6.07) is 17.1. The van der Waals surface area contributed by atoms with Gasteiger partial charge in [0.15, 0.2) is 6.29 Å². The highest BCUT2D eigenvalue weighted by molar-refractivity contribution is 5.73. The maximum Gasteiger partial charge on any atom is 0.229 e. The number of ether oxygens (including phenoxy) is 3. The summed E-state index contributed by atoms with van der Waals surface area (Å²) in [5.41, 5.74) is 2.37. The van der Waals surface area contributed by atoms with E-state index in [1.54, 1.807) is 14.2 Å². The lowest BCUT2D eigenvalue weighted by Crippen LogP contribution is -2.25. The minimum absolute atomic E-state index is 0.265. The van der Waals surface area contributed by atoms with Gasteiger partial charge in [-0.2, -0.15) is 4.98 Å². The molecule has 7 nitrogen and oxygen atoms in total. The molecule has 3 aromatic rings. The minimum Gasteiger partial charge on any atom is -0.497 e. The summed E-state index contributed by atoms with van der Waals surface area (Å²) >= 11 is 0. The van der Waals surface area contributed by atoms with Crippen molar-refractivity contribution in [1.82, 2.24) is 9.97 Å². The Kier molecular flexibility index (Phi) is 6.63. The molecule has 0 saturated heterocycles. The van der Waals surface area contributed by atoms with Crippen molar-refractivity contribution < 1.29 is 19.0 Å². The fourth-order valence-electron chi connectivity index (χ4n) is 2.84. The number of benzene rings is 2. The number of aromatic nitrogens is 2. The van der Waals surface area contributed by atoms with Crippen LogP contribution in [0.4, 0.5) is 5.95 Å². The van der Waals surface area contributed by atoms with E-state index < -0.39 is 0 Å². The summed E-state index contributed by atoms with van der Waals surface area (Å²) in [4.78, 5) is 22.1. The molecule has 0 spiro atoms. The van der Waals surface area contributed by atoms with Crippen molar-refractivity contribution in [3.8, 4) is 17.4 Å². The first-order chi connectivity index (χ1) is 14.1. The topological polar surface area (TPSA) is 73.8 Å². The maximum absolute atomic E-state index is 11.3. The summed E-state index contributed by atoms with van der Waals surface area (Å²) in [7, 11) is 4.78. The van der Waals surface area contributed by atoms with Crippen LogP contribution in [0.3, 0.4) is 0 Å². The van der Waals surface area contributed by atoms with Gasteiger partial charge in [-0.1, -0.05) is 24.3 Å². The van der Waals surface area contributed by atoms with E-state index in [0.29, 0.717) is 31.2 Å². The molecule has 1 heterocycles. The van der Waals surface area contributed by atoms with Crippen molar-refractivity contribution >= 4 is 12.2 Å². The summed E-state index contributed by atoms with van der Waals surface area (Å²) in [6.07, 6.45) is 0.687. The summed E-state index contributed by atoms with van der Waals surface area (Å²) in [5.74, 6) is 2.33. The van der Waals surface area contributed by atoms with Gasteiger partial charge in [-0.3, -0.25) is 4.79 Å². The van der Waals surface area contributed by atoms with Gasteiger partial charge in [0.1, 0.15) is 17.2 Å². The van der Waals surface area contributed by atoms with E-state index in [1.165, 1.54) is 13.2 Å². The fraction of sp³-hybridized carbons (Fsp3) is 0.227. The van der Waals surface area contributed by atoms with Crippen LogP contribution in [0, 0.1) is 0 Å². The molecule has 0 aliphatic carbocycles. The lowest BCUT2D eigenvalue weighted by Gasteiger charge is -2.23. The normalized spacial score (nSPS) is 10.3. The largest absolute Gasteiger partial charge is 0.497 e. The van der Waals surface area contributed by atoms with Crippen molar-refractivity contribution in [3.05, 3.63) is 71.4 Å². The Labute approximate surface area is 169 Å². The van der Waals surface area contributed by atoms with Gasteiger partial charge in [-0.05, 0) is 35.4 Å². The van der Waals surface area contributed by atoms with E-state index in [-0.39, 0.29) is 5.69 Å². The highest BCUT2D eigenvalue weighted by Crippen LogP contribution is 2.22. The molecule has 150 valence electrons. The Balaban J connectivity index is 1.94. The van der Waals surface area contributed by atoms with Crippen LogP contribution in [0.5, 0.6) is 17.4 Å². The second-order valence-electron chi connectivity index (χ2n) is 6.31. The number of rotatable bonds is 9. The lowest BCUT2D eigenvalue weighted by atomic mass is 10.1. The molecule has 29 heavy (non-hydrogen) atoms. The first-order valence-corrected chi connectivity index (χ1v) is 9.04. The molecule has 0 aliphatic heterocycles. The van der Waals surface area contributed by atoms with Gasteiger partial charge in [0, 0.05) is 19.2 Å². The number of hydrogen-bond donors (Lipinski definition) is 0. The minimum atomic E-state index is 0.265. The van der Waals surface area contributed by atoms with Gasteiger partial charge < -0.3 is 19.1 Å². The van der Waals surface area contributed by atoms with E-state index in [4.69, 9.17) is 14.2 Å². The van der Waals surface area contributed by atoms with Crippen molar-refractivity contribution in [2.75, 3.05) is 26.2 Å². The monoisotopic (exact) mass is 393 g/mol. The van der Waals surface area contributed by atoms with Gasteiger partial charge >= 0.3 is 0 Å². The quantitative estimate of drug-likeness (QED) is 0.515. The predicted octanol–water partition coefficient (Wildman–Crippen LogP) is 3.52. The number of nitrogens with zero attached hydrogens (tertiary/aromatic N) is 3. The highest BCUT2D eigenvalue weighted by Gasteiger charge is 2.15. The molecule has 3 rings (SSSR count). The number of carbonyl (C=O) groups excluding carboxylic acids is 1. The van der Waals surface area contributed by atoms with E-state index >= 15 is 0 Å². The maximum atomic E-state index is 11.3. The number of methoxy groups -OCH3 is 3. The molecule has 0 N–H and O–H groups in total. The number of aldehydes is 1. The molecule has 2 aromatic carbocycles. The highest BCUT2D eigenvalue weighted by atomic mass is 16.5. The molecule has 0 bridgehead atoms. The average Bonchev–Trinajstić information content (AvgIpc) is 2.79. The van der Waals surface area contributed by atoms with E-state index in [9.17, 15) is 4.79 Å². The Morgan fingerprint density at radius 1 is 0.793 bits per heavy atom. The second-order valence-corrected chi connectivity index (χ2v) is 6.31. The Morgan fingerprint density at radius 3 is 1.72 bits per heavy atom. The Hall–Kier alpha value is -3.61. The van der Waals surface area contributed by atoms with Crippen LogP contribution in [0.1, 0.15) is 21.6 Å². The van der Waals surface area contributed by atoms with E-state index in [2.05, 4.69) is 9.97 Å². The molecule has 0 saturated carbocycles. The zero-order valence-corrected chi connectivity index (χ0v) is 16.7. The second kappa shape index (κ2) is 9.54. The number of anilines is 1. The van der Waals surface area contributed by atoms with Crippen LogP contribution in [-0.2, 0) is 13.1 Å². The van der Waals surface area contributed by atoms with Crippen LogP contribution in [-0.4, -0.2) is 37.6 Å². The molecule has 0 unspecified atom stereocenters. The van der Waals surface area contributed by atoms with Gasteiger partial charge in [-0.25, -0.2) is 4.98 Å². The molecule has 0 aliphatic rings. The number of carbonyl (C=O) groups is 1. The molecule has 0 fully saturated rings. The third-order valence-corrected chi connectivity index (χ3v) is 4.39. The first-order valence-electron chi connectivity index (χ1n) is 9.04. The van der Waals surface area contributed by atoms with Gasteiger partial charge in [0.25, 0.3) is 0 Å². The lowest BCUT2D eigenvalue weighted by molar-refractivity contribution is 0.111. The average molecular weight is 393 g/mol. The zero-order valence-electron chi connectivity index (χ0n) is 16.7. The molecule has 1 aromatic heterocycles. The van der Waals surface area contributed by atoms with Crippen LogP contribution >= 0.6 is 0 Å². The first kappa shape index (κ1) is 20.1. The van der Waals surface area contributed by atoms with Crippen LogP contribution in [0.2, 0.25) is 0 Å². The van der Waals surface area contributed by atoms with Crippen molar-refractivity contribution in [2.45, 2.75) is 13.1 Å². The summed E-state index contributed by atoms with van der Waals surface area (Å²) in [5, 5.41) is 0. The molecule has 7 heteroatoms. The Morgan fingerprint density at radius 2 is 1.31 bits per heavy atom. The molecule has 0 atom stereocenters. The third-order valence-electron chi connectivity index (χ3n) is 4.39. The SMILES string of the molecule is COc1ccc(CN(Cc2ccc(OC)cc2)c2nc(C=O)cc(OC)n2)cc1. The van der Waals surface area contributed by atoms with Gasteiger partial charge in [0.2, 0.25) is 11.8 Å². The van der Waals surface area contributed by atoms with Gasteiger partial charge in [-0.15, -0.1) is 0 Å². The van der Waals surface area contributed by atoms with Crippen molar-refractivity contribution in [2.24, 2.45) is 0 Å². The standard InChI is InChI=1S/C22H23N3O4/c1-27-19-8-4-16(5-9-19)13-25(14-17-6-10-20(28-2)11-7-17)22-23-18(15-26)12-21(24-22)29-3/h4-12,15H,13-14H2,1-3H3. The third kappa shape index (κ3) is 5.22. The predicted molar refractivity (Wildman–Crippen MR) is 110 cm³/mol.